The zero-order valence-electron chi connectivity index (χ0n) is 27.1. The number of carbonyl (C=O) groups is 1. The van der Waals surface area contributed by atoms with Gasteiger partial charge in [0.1, 0.15) is 36.5 Å². The van der Waals surface area contributed by atoms with Crippen molar-refractivity contribution in [3.8, 4) is 22.8 Å². The van der Waals surface area contributed by atoms with Crippen molar-refractivity contribution in [1.82, 2.24) is 14.5 Å². The van der Waals surface area contributed by atoms with Gasteiger partial charge < -0.3 is 24.1 Å². The first kappa shape index (κ1) is 34.3. The molecule has 1 unspecified atom stereocenters. The van der Waals surface area contributed by atoms with Crippen molar-refractivity contribution < 1.29 is 23.4 Å². The van der Waals surface area contributed by atoms with Gasteiger partial charge in [-0.1, -0.05) is 43.9 Å². The van der Waals surface area contributed by atoms with Crippen LogP contribution in [0.3, 0.4) is 0 Å². The highest BCUT2D eigenvalue weighted by Gasteiger charge is 2.24. The largest absolute Gasteiger partial charge is 0.497 e. The molecule has 0 fully saturated rings. The third-order valence-corrected chi connectivity index (χ3v) is 8.99. The lowest BCUT2D eigenvalue weighted by Gasteiger charge is -2.19. The first-order valence-electron chi connectivity index (χ1n) is 15.3. The van der Waals surface area contributed by atoms with Crippen molar-refractivity contribution in [3.63, 3.8) is 0 Å². The molecule has 4 rings (SSSR count). The monoisotopic (exact) mass is 642 g/mol. The predicted octanol–water partition coefficient (Wildman–Crippen LogP) is 8.21. The first-order valence-corrected chi connectivity index (χ1v) is 19.0. The van der Waals surface area contributed by atoms with Crippen LogP contribution in [0.15, 0.2) is 92.3 Å². The van der Waals surface area contributed by atoms with Crippen molar-refractivity contribution in [2.24, 2.45) is 0 Å². The number of pyridine rings is 1. The van der Waals surface area contributed by atoms with Gasteiger partial charge in [0.2, 0.25) is 5.91 Å². The Morgan fingerprint density at radius 2 is 1.83 bits per heavy atom. The Hall–Kier alpha value is -4.54. The summed E-state index contributed by atoms with van der Waals surface area (Å²) in [5, 5.41) is 2.86. The third-order valence-electron chi connectivity index (χ3n) is 7.29. The topological polar surface area (TPSA) is 87.5 Å². The van der Waals surface area contributed by atoms with E-state index in [0.29, 0.717) is 48.2 Å². The van der Waals surface area contributed by atoms with Crippen molar-refractivity contribution in [1.29, 1.82) is 0 Å². The smallest absolute Gasteiger partial charge is 0.228 e. The number of nitrogens with zero attached hydrogens (tertiary/aromatic N) is 3. The molecule has 1 atom stereocenters. The molecule has 1 N–H and O–H groups in total. The zero-order chi connectivity index (χ0) is 33.1. The van der Waals surface area contributed by atoms with Crippen LogP contribution in [-0.2, 0) is 22.9 Å². The number of carbonyl (C=O) groups excluding carboxylic acids is 1. The number of anilines is 1. The van der Waals surface area contributed by atoms with Gasteiger partial charge in [0.15, 0.2) is 0 Å². The minimum atomic E-state index is -1.30. The minimum absolute atomic E-state index is 0.133. The Morgan fingerprint density at radius 3 is 2.48 bits per heavy atom. The van der Waals surface area contributed by atoms with Gasteiger partial charge >= 0.3 is 0 Å². The molecule has 0 radical (unpaired) electrons. The summed E-state index contributed by atoms with van der Waals surface area (Å²) in [7, 11) is 0.338. The molecule has 46 heavy (non-hydrogen) atoms. The number of allylic oxidation sites excluding steroid dienone is 1. The summed E-state index contributed by atoms with van der Waals surface area (Å²) in [6, 6.07) is 16.8. The normalized spacial score (nSPS) is 11.9. The van der Waals surface area contributed by atoms with E-state index in [1.54, 1.807) is 19.4 Å². The van der Waals surface area contributed by atoms with Crippen molar-refractivity contribution in [2.45, 2.75) is 57.8 Å². The van der Waals surface area contributed by atoms with E-state index in [-0.39, 0.29) is 25.0 Å². The summed E-state index contributed by atoms with van der Waals surface area (Å²) in [4.78, 5) is 22.2. The van der Waals surface area contributed by atoms with Gasteiger partial charge in [0, 0.05) is 32.9 Å². The average Bonchev–Trinajstić information content (AvgIpc) is 3.45. The quantitative estimate of drug-likeness (QED) is 0.0710. The van der Waals surface area contributed by atoms with Crippen LogP contribution < -0.4 is 14.8 Å². The van der Waals surface area contributed by atoms with Crippen molar-refractivity contribution in [3.05, 3.63) is 115 Å². The fourth-order valence-electron chi connectivity index (χ4n) is 4.75. The molecule has 2 aromatic heterocycles. The molecule has 0 aliphatic carbocycles. The number of nitrogens with one attached hydrogen (secondary N) is 1. The van der Waals surface area contributed by atoms with Crippen LogP contribution in [0.1, 0.15) is 35.8 Å². The number of amides is 1. The Balaban J connectivity index is 1.64. The van der Waals surface area contributed by atoms with E-state index in [9.17, 15) is 9.18 Å². The van der Waals surface area contributed by atoms with E-state index in [2.05, 4.69) is 38.1 Å². The number of hydrogen-bond donors (Lipinski definition) is 1. The van der Waals surface area contributed by atoms with E-state index >= 15 is 0 Å². The number of imidazole rings is 1. The average molecular weight is 643 g/mol. The lowest BCUT2D eigenvalue weighted by molar-refractivity contribution is -0.115. The molecule has 0 spiro atoms. The summed E-state index contributed by atoms with van der Waals surface area (Å²) in [6.45, 7) is 15.8. The molecule has 10 heteroatoms. The molecule has 0 saturated heterocycles. The van der Waals surface area contributed by atoms with Crippen LogP contribution in [0.4, 0.5) is 10.1 Å². The maximum absolute atomic E-state index is 14.5. The number of hydrogen-bond acceptors (Lipinski definition) is 6. The van der Waals surface area contributed by atoms with Crippen LogP contribution >= 0.6 is 0 Å². The Bertz CT molecular complexity index is 1610. The fraction of sp³-hybridized carbons (Fsp3) is 0.306. The van der Waals surface area contributed by atoms with Gasteiger partial charge in [-0.05, 0) is 60.5 Å². The van der Waals surface area contributed by atoms with E-state index in [4.69, 9.17) is 24.2 Å². The van der Waals surface area contributed by atoms with Crippen LogP contribution in [0, 0.1) is 5.82 Å². The Kier molecular flexibility index (Phi) is 12.1. The number of methoxy groups -OCH3 is 1. The maximum Gasteiger partial charge on any atom is 0.228 e. The van der Waals surface area contributed by atoms with E-state index < -0.39 is 13.9 Å². The third kappa shape index (κ3) is 9.73. The van der Waals surface area contributed by atoms with Crippen molar-refractivity contribution in [2.75, 3.05) is 19.0 Å². The number of ether oxygens (including phenoxy) is 3. The maximum atomic E-state index is 14.5. The van der Waals surface area contributed by atoms with E-state index in [1.165, 1.54) is 18.2 Å². The van der Waals surface area contributed by atoms with Crippen LogP contribution in [0.25, 0.3) is 11.3 Å². The number of halogens is 1. The number of aromatic nitrogens is 3. The molecular formula is C36H43FN4O4Si. The Morgan fingerprint density at radius 1 is 1.07 bits per heavy atom. The lowest BCUT2D eigenvalue weighted by Crippen LogP contribution is -2.22. The standard InChI is InChI=1S/C36H43FN4O4Si/c1-7-9-30(32-18-16-29(22-38-32)45-24-26-11-14-28(43-3)15-12-26)36-40-34(23-41(36)25-44-19-20-46(4,5)6)31-21-27(37)13-17-33(31)39-35(42)10-8-2/h7-8,11-18,21-23,30H,1-2,9-10,19-20,24-25H2,3-6H3,(H,39,42). The molecule has 0 saturated carbocycles. The first-order chi connectivity index (χ1) is 22.1. The zero-order valence-corrected chi connectivity index (χ0v) is 28.1. The number of benzene rings is 2. The number of rotatable bonds is 17. The summed E-state index contributed by atoms with van der Waals surface area (Å²) in [5.41, 5.74) is 3.21. The second kappa shape index (κ2) is 16.1. The van der Waals surface area contributed by atoms with Gasteiger partial charge in [0.05, 0.1) is 36.3 Å². The summed E-state index contributed by atoms with van der Waals surface area (Å²) >= 11 is 0. The van der Waals surface area contributed by atoms with Crippen LogP contribution in [0.5, 0.6) is 11.5 Å². The highest BCUT2D eigenvalue weighted by Crippen LogP contribution is 2.34. The molecule has 0 bridgehead atoms. The lowest BCUT2D eigenvalue weighted by atomic mass is 9.99. The predicted molar refractivity (Wildman–Crippen MR) is 183 cm³/mol. The Labute approximate surface area is 272 Å². The highest BCUT2D eigenvalue weighted by atomic mass is 28.3. The fourth-order valence-corrected chi connectivity index (χ4v) is 5.51. The van der Waals surface area contributed by atoms with Gasteiger partial charge in [-0.3, -0.25) is 9.78 Å². The molecule has 8 nitrogen and oxygen atoms in total. The summed E-state index contributed by atoms with van der Waals surface area (Å²) in [5.74, 6) is 1.16. The van der Waals surface area contributed by atoms with Gasteiger partial charge in [0.25, 0.3) is 0 Å². The summed E-state index contributed by atoms with van der Waals surface area (Å²) < 4.78 is 33.8. The summed E-state index contributed by atoms with van der Waals surface area (Å²) in [6.07, 6.45) is 7.57. The second-order valence-electron chi connectivity index (χ2n) is 12.2. The SMILES string of the molecule is C=CCC(=O)Nc1ccc(F)cc1-c1cn(COCC[Si](C)(C)C)c(C(CC=C)c2ccc(OCc3ccc(OC)cc3)cn2)n1. The van der Waals surface area contributed by atoms with E-state index in [1.807, 2.05) is 53.2 Å². The van der Waals surface area contributed by atoms with Crippen LogP contribution in [-0.4, -0.2) is 42.2 Å². The van der Waals surface area contributed by atoms with Gasteiger partial charge in [-0.2, -0.15) is 0 Å². The molecule has 2 aromatic carbocycles. The molecular weight excluding hydrogens is 600 g/mol. The second-order valence-corrected chi connectivity index (χ2v) is 17.8. The molecule has 0 aliphatic rings. The molecule has 0 aliphatic heterocycles. The molecule has 1 amide bonds. The van der Waals surface area contributed by atoms with Crippen molar-refractivity contribution >= 4 is 19.7 Å². The van der Waals surface area contributed by atoms with Gasteiger partial charge in [-0.25, -0.2) is 9.37 Å². The molecule has 4 aromatic rings. The van der Waals surface area contributed by atoms with Gasteiger partial charge in [-0.15, -0.1) is 13.2 Å². The molecule has 242 valence electrons. The molecule has 2 heterocycles. The minimum Gasteiger partial charge on any atom is -0.497 e. The van der Waals surface area contributed by atoms with E-state index in [0.717, 1.165) is 23.1 Å². The highest BCUT2D eigenvalue weighted by molar-refractivity contribution is 6.76. The van der Waals surface area contributed by atoms with Crippen LogP contribution in [0.2, 0.25) is 25.7 Å².